The lowest BCUT2D eigenvalue weighted by atomic mass is 9.84. The number of nitrogens with zero attached hydrogens (tertiary/aromatic N) is 1. The molecule has 2 aliphatic rings. The van der Waals surface area contributed by atoms with Gasteiger partial charge in [0.2, 0.25) is 0 Å². The number of thioether (sulfide) groups is 1. The maximum Gasteiger partial charge on any atom is 0.0284 e. The van der Waals surface area contributed by atoms with Crippen molar-refractivity contribution < 1.29 is 0 Å². The van der Waals surface area contributed by atoms with E-state index in [2.05, 4.69) is 35.2 Å². The Labute approximate surface area is 98.2 Å². The molecule has 0 amide bonds. The summed E-state index contributed by atoms with van der Waals surface area (Å²) >= 11 is 2.10. The molecule has 2 nitrogen and oxygen atoms in total. The molecular formula is C12H24N2S. The summed E-state index contributed by atoms with van der Waals surface area (Å²) in [6, 6.07) is 0.758. The van der Waals surface area contributed by atoms with Crippen LogP contribution < -0.4 is 5.32 Å². The van der Waals surface area contributed by atoms with Gasteiger partial charge in [0.25, 0.3) is 0 Å². The van der Waals surface area contributed by atoms with Gasteiger partial charge in [-0.1, -0.05) is 13.3 Å². The average molecular weight is 228 g/mol. The number of likely N-dealkylation sites (tertiary alicyclic amines) is 1. The van der Waals surface area contributed by atoms with Crippen molar-refractivity contribution in [2.75, 3.05) is 32.4 Å². The standard InChI is InChI=1S/C12H24N2S/c1-3-13-11-5-8-14(9-11)10-12(15-2)6-4-7-12/h11,13H,3-10H2,1-2H3. The number of rotatable bonds is 5. The van der Waals surface area contributed by atoms with Gasteiger partial charge in [-0.05, 0) is 38.6 Å². The van der Waals surface area contributed by atoms with E-state index in [9.17, 15) is 0 Å². The molecular weight excluding hydrogens is 204 g/mol. The maximum absolute atomic E-state index is 3.57. The van der Waals surface area contributed by atoms with E-state index < -0.39 is 0 Å². The van der Waals surface area contributed by atoms with Crippen LogP contribution in [0.25, 0.3) is 0 Å². The molecule has 0 radical (unpaired) electrons. The Balaban J connectivity index is 1.76. The van der Waals surface area contributed by atoms with Gasteiger partial charge in [-0.3, -0.25) is 0 Å². The van der Waals surface area contributed by atoms with Crippen LogP contribution in [0.4, 0.5) is 0 Å². The highest BCUT2D eigenvalue weighted by atomic mass is 32.2. The second-order valence-electron chi connectivity index (χ2n) is 5.02. The number of hydrogen-bond donors (Lipinski definition) is 1. The zero-order valence-electron chi connectivity index (χ0n) is 10.1. The molecule has 15 heavy (non-hydrogen) atoms. The molecule has 1 aliphatic heterocycles. The lowest BCUT2D eigenvalue weighted by Gasteiger charge is -2.43. The van der Waals surface area contributed by atoms with E-state index in [1.54, 1.807) is 0 Å². The second kappa shape index (κ2) is 5.07. The molecule has 1 heterocycles. The van der Waals surface area contributed by atoms with Crippen LogP contribution >= 0.6 is 11.8 Å². The Bertz CT molecular complexity index is 198. The average Bonchev–Trinajstić information content (AvgIpc) is 2.60. The summed E-state index contributed by atoms with van der Waals surface area (Å²) in [6.45, 7) is 7.23. The third-order valence-corrected chi connectivity index (χ3v) is 5.38. The molecule has 2 rings (SSSR count). The van der Waals surface area contributed by atoms with E-state index in [0.717, 1.165) is 12.6 Å². The highest BCUT2D eigenvalue weighted by molar-refractivity contribution is 8.00. The van der Waals surface area contributed by atoms with Gasteiger partial charge < -0.3 is 10.2 Å². The predicted octanol–water partition coefficient (Wildman–Crippen LogP) is 1.96. The molecule has 1 saturated carbocycles. The minimum atomic E-state index is 0.626. The Morgan fingerprint density at radius 3 is 2.80 bits per heavy atom. The van der Waals surface area contributed by atoms with Gasteiger partial charge in [0, 0.05) is 23.9 Å². The van der Waals surface area contributed by atoms with Crippen molar-refractivity contribution in [3.8, 4) is 0 Å². The Kier molecular flexibility index (Phi) is 3.97. The van der Waals surface area contributed by atoms with Crippen LogP contribution in [0.5, 0.6) is 0 Å². The molecule has 1 N–H and O–H groups in total. The van der Waals surface area contributed by atoms with Gasteiger partial charge in [0.15, 0.2) is 0 Å². The fraction of sp³-hybridized carbons (Fsp3) is 1.00. The molecule has 3 heteroatoms. The SMILES string of the molecule is CCNC1CCN(CC2(SC)CCC2)C1. The first-order chi connectivity index (χ1) is 7.28. The molecule has 1 aliphatic carbocycles. The molecule has 1 atom stereocenters. The quantitative estimate of drug-likeness (QED) is 0.774. The first-order valence-corrected chi connectivity index (χ1v) is 7.51. The minimum Gasteiger partial charge on any atom is -0.313 e. The van der Waals surface area contributed by atoms with Crippen molar-refractivity contribution in [2.45, 2.75) is 43.4 Å². The molecule has 1 saturated heterocycles. The van der Waals surface area contributed by atoms with E-state index in [0.29, 0.717) is 4.75 Å². The van der Waals surface area contributed by atoms with Crippen LogP contribution in [0.1, 0.15) is 32.6 Å². The Hall–Kier alpha value is 0.270. The Morgan fingerprint density at radius 2 is 2.27 bits per heavy atom. The molecule has 88 valence electrons. The van der Waals surface area contributed by atoms with E-state index >= 15 is 0 Å². The van der Waals surface area contributed by atoms with E-state index in [1.165, 1.54) is 45.3 Å². The van der Waals surface area contributed by atoms with Crippen molar-refractivity contribution in [2.24, 2.45) is 0 Å². The summed E-state index contributed by atoms with van der Waals surface area (Å²) in [4.78, 5) is 2.67. The summed E-state index contributed by atoms with van der Waals surface area (Å²) in [5.41, 5.74) is 0. The molecule has 0 aromatic heterocycles. The van der Waals surface area contributed by atoms with E-state index in [-0.39, 0.29) is 0 Å². The highest BCUT2D eigenvalue weighted by Gasteiger charge is 2.39. The Morgan fingerprint density at radius 1 is 1.47 bits per heavy atom. The fourth-order valence-corrected chi connectivity index (χ4v) is 3.85. The van der Waals surface area contributed by atoms with Crippen LogP contribution in [0.3, 0.4) is 0 Å². The minimum absolute atomic E-state index is 0.626. The van der Waals surface area contributed by atoms with Crippen molar-refractivity contribution in [3.63, 3.8) is 0 Å². The van der Waals surface area contributed by atoms with E-state index in [1.807, 2.05) is 0 Å². The molecule has 0 spiro atoms. The van der Waals surface area contributed by atoms with Gasteiger partial charge >= 0.3 is 0 Å². The van der Waals surface area contributed by atoms with Gasteiger partial charge in [-0.2, -0.15) is 11.8 Å². The van der Waals surface area contributed by atoms with Gasteiger partial charge in [0.1, 0.15) is 0 Å². The lowest BCUT2D eigenvalue weighted by molar-refractivity contribution is 0.231. The number of nitrogens with one attached hydrogen (secondary N) is 1. The monoisotopic (exact) mass is 228 g/mol. The zero-order chi connectivity index (χ0) is 10.7. The third-order valence-electron chi connectivity index (χ3n) is 3.97. The van der Waals surface area contributed by atoms with Crippen molar-refractivity contribution in [1.29, 1.82) is 0 Å². The summed E-state index contributed by atoms with van der Waals surface area (Å²) in [5.74, 6) is 0. The van der Waals surface area contributed by atoms with Gasteiger partial charge in [-0.15, -0.1) is 0 Å². The third kappa shape index (κ3) is 2.69. The highest BCUT2D eigenvalue weighted by Crippen LogP contribution is 2.43. The fourth-order valence-electron chi connectivity index (χ4n) is 2.84. The first-order valence-electron chi connectivity index (χ1n) is 6.29. The second-order valence-corrected chi connectivity index (χ2v) is 6.29. The molecule has 0 aromatic rings. The first kappa shape index (κ1) is 11.7. The maximum atomic E-state index is 3.57. The summed E-state index contributed by atoms with van der Waals surface area (Å²) in [5, 5.41) is 3.57. The van der Waals surface area contributed by atoms with Crippen LogP contribution in [0, 0.1) is 0 Å². The number of hydrogen-bond acceptors (Lipinski definition) is 3. The predicted molar refractivity (Wildman–Crippen MR) is 68.6 cm³/mol. The van der Waals surface area contributed by atoms with Gasteiger partial charge in [-0.25, -0.2) is 0 Å². The van der Waals surface area contributed by atoms with E-state index in [4.69, 9.17) is 0 Å². The van der Waals surface area contributed by atoms with Crippen LogP contribution in [-0.4, -0.2) is 48.1 Å². The summed E-state index contributed by atoms with van der Waals surface area (Å²) < 4.78 is 0.626. The van der Waals surface area contributed by atoms with Crippen LogP contribution in [0.15, 0.2) is 0 Å². The smallest absolute Gasteiger partial charge is 0.0284 e. The molecule has 0 bridgehead atoms. The zero-order valence-corrected chi connectivity index (χ0v) is 10.9. The van der Waals surface area contributed by atoms with Crippen LogP contribution in [-0.2, 0) is 0 Å². The number of likely N-dealkylation sites (N-methyl/N-ethyl adjacent to an activating group) is 1. The van der Waals surface area contributed by atoms with Crippen molar-refractivity contribution >= 4 is 11.8 Å². The molecule has 1 unspecified atom stereocenters. The molecule has 2 fully saturated rings. The van der Waals surface area contributed by atoms with Crippen LogP contribution in [0.2, 0.25) is 0 Å². The summed E-state index contributed by atoms with van der Waals surface area (Å²) in [7, 11) is 0. The van der Waals surface area contributed by atoms with Gasteiger partial charge in [0.05, 0.1) is 0 Å². The largest absolute Gasteiger partial charge is 0.313 e. The molecule has 0 aromatic carbocycles. The normalized spacial score (nSPS) is 30.4. The topological polar surface area (TPSA) is 15.3 Å². The van der Waals surface area contributed by atoms with Crippen molar-refractivity contribution in [3.05, 3.63) is 0 Å². The van der Waals surface area contributed by atoms with Crippen molar-refractivity contribution in [1.82, 2.24) is 10.2 Å². The lowest BCUT2D eigenvalue weighted by Crippen LogP contribution is -2.45. The summed E-state index contributed by atoms with van der Waals surface area (Å²) in [6.07, 6.45) is 7.97.